The lowest BCUT2D eigenvalue weighted by Gasteiger charge is -2.38. The predicted molar refractivity (Wildman–Crippen MR) is 68.7 cm³/mol. The molecule has 108 valence electrons. The number of rotatable bonds is 2. The zero-order valence-electron chi connectivity index (χ0n) is 11.1. The molecule has 2 aliphatic rings. The van der Waals surface area contributed by atoms with E-state index in [4.69, 9.17) is 10.2 Å². The number of aliphatic hydroxyl groups excluding tert-OH is 1. The summed E-state index contributed by atoms with van der Waals surface area (Å²) in [5.41, 5.74) is 0. The highest BCUT2D eigenvalue weighted by atomic mass is 16.4. The summed E-state index contributed by atoms with van der Waals surface area (Å²) in [6, 6.07) is -0.0395. The first-order valence-electron chi connectivity index (χ1n) is 6.99. The summed E-state index contributed by atoms with van der Waals surface area (Å²) in [5, 5.41) is 18.1. The topological polar surface area (TPSA) is 81.1 Å². The molecule has 0 bridgehead atoms. The zero-order valence-corrected chi connectivity index (χ0v) is 11.1. The van der Waals surface area contributed by atoms with Crippen LogP contribution >= 0.6 is 0 Å². The van der Waals surface area contributed by atoms with Crippen molar-refractivity contribution in [3.63, 3.8) is 0 Å². The molecule has 19 heavy (non-hydrogen) atoms. The Bertz CT molecular complexity index is 340. The standard InChI is InChI=1S/C13H22N2O4/c16-9-10-3-6-14(7-4-10)13(19)15-5-1-2-11(8-15)12(17)18/h10-11,16H,1-9H2,(H,17,18)/t11-/m0/s1. The fraction of sp³-hybridized carbons (Fsp3) is 0.846. The van der Waals surface area contributed by atoms with Crippen LogP contribution in [0.3, 0.4) is 0 Å². The second-order valence-electron chi connectivity index (χ2n) is 5.52. The van der Waals surface area contributed by atoms with Gasteiger partial charge in [-0.05, 0) is 31.6 Å². The third-order valence-corrected chi connectivity index (χ3v) is 4.18. The first-order chi connectivity index (χ1) is 9.11. The van der Waals surface area contributed by atoms with E-state index in [-0.39, 0.29) is 12.6 Å². The van der Waals surface area contributed by atoms with Crippen molar-refractivity contribution in [2.45, 2.75) is 25.7 Å². The normalized spacial score (nSPS) is 25.4. The second-order valence-corrected chi connectivity index (χ2v) is 5.52. The van der Waals surface area contributed by atoms with Crippen molar-refractivity contribution in [3.8, 4) is 0 Å². The molecule has 6 heteroatoms. The number of carbonyl (C=O) groups excluding carboxylic acids is 1. The summed E-state index contributed by atoms with van der Waals surface area (Å²) in [5.74, 6) is -0.929. The third-order valence-electron chi connectivity index (χ3n) is 4.18. The Morgan fingerprint density at radius 1 is 1.05 bits per heavy atom. The van der Waals surface area contributed by atoms with Crippen LogP contribution in [0.5, 0.6) is 0 Å². The van der Waals surface area contributed by atoms with E-state index in [2.05, 4.69) is 0 Å². The number of piperidine rings is 2. The molecule has 2 amide bonds. The number of hydrogen-bond donors (Lipinski definition) is 2. The van der Waals surface area contributed by atoms with Crippen LogP contribution in [0.4, 0.5) is 4.79 Å². The van der Waals surface area contributed by atoms with Crippen LogP contribution in [0.15, 0.2) is 0 Å². The Kier molecular flexibility index (Phi) is 4.63. The summed E-state index contributed by atoms with van der Waals surface area (Å²) in [7, 11) is 0. The molecule has 2 heterocycles. The van der Waals surface area contributed by atoms with Crippen LogP contribution in [0.2, 0.25) is 0 Å². The molecule has 0 saturated carbocycles. The number of aliphatic carboxylic acids is 1. The molecule has 2 aliphatic heterocycles. The molecular weight excluding hydrogens is 248 g/mol. The van der Waals surface area contributed by atoms with E-state index in [0.29, 0.717) is 38.5 Å². The summed E-state index contributed by atoms with van der Waals surface area (Å²) < 4.78 is 0. The van der Waals surface area contributed by atoms with Crippen molar-refractivity contribution in [1.29, 1.82) is 0 Å². The van der Waals surface area contributed by atoms with Gasteiger partial charge in [0.25, 0.3) is 0 Å². The smallest absolute Gasteiger partial charge is 0.320 e. The Balaban J connectivity index is 1.87. The molecular formula is C13H22N2O4. The summed E-state index contributed by atoms with van der Waals surface area (Å²) in [4.78, 5) is 26.8. The van der Waals surface area contributed by atoms with Gasteiger partial charge in [0.05, 0.1) is 5.92 Å². The predicted octanol–water partition coefficient (Wildman–Crippen LogP) is 0.607. The molecule has 1 atom stereocenters. The minimum atomic E-state index is -0.809. The van der Waals surface area contributed by atoms with E-state index >= 15 is 0 Å². The highest BCUT2D eigenvalue weighted by Crippen LogP contribution is 2.21. The zero-order chi connectivity index (χ0) is 13.8. The quantitative estimate of drug-likeness (QED) is 0.770. The van der Waals surface area contributed by atoms with Gasteiger partial charge in [-0.3, -0.25) is 4.79 Å². The first kappa shape index (κ1) is 14.1. The summed E-state index contributed by atoms with van der Waals surface area (Å²) >= 11 is 0. The fourth-order valence-electron chi connectivity index (χ4n) is 2.86. The van der Waals surface area contributed by atoms with Gasteiger partial charge < -0.3 is 20.0 Å². The molecule has 2 N–H and O–H groups in total. The summed E-state index contributed by atoms with van der Waals surface area (Å²) in [6.07, 6.45) is 3.08. The average molecular weight is 270 g/mol. The molecule has 2 fully saturated rings. The average Bonchev–Trinajstić information content (AvgIpc) is 2.46. The van der Waals surface area contributed by atoms with Gasteiger partial charge in [0.2, 0.25) is 0 Å². The third kappa shape index (κ3) is 3.37. The maximum Gasteiger partial charge on any atom is 0.320 e. The van der Waals surface area contributed by atoms with Crippen LogP contribution in [-0.2, 0) is 4.79 Å². The molecule has 6 nitrogen and oxygen atoms in total. The maximum absolute atomic E-state index is 12.3. The number of likely N-dealkylation sites (tertiary alicyclic amines) is 2. The van der Waals surface area contributed by atoms with Crippen molar-refractivity contribution in [2.75, 3.05) is 32.8 Å². The first-order valence-corrected chi connectivity index (χ1v) is 6.99. The molecule has 2 rings (SSSR count). The van der Waals surface area contributed by atoms with Crippen LogP contribution in [0.25, 0.3) is 0 Å². The van der Waals surface area contributed by atoms with Gasteiger partial charge in [-0.15, -0.1) is 0 Å². The molecule has 0 aliphatic carbocycles. The molecule has 0 radical (unpaired) electrons. The van der Waals surface area contributed by atoms with Gasteiger partial charge in [-0.1, -0.05) is 0 Å². The minimum Gasteiger partial charge on any atom is -0.481 e. The maximum atomic E-state index is 12.3. The van der Waals surface area contributed by atoms with E-state index in [0.717, 1.165) is 19.3 Å². The van der Waals surface area contributed by atoms with Gasteiger partial charge in [0.15, 0.2) is 0 Å². The van der Waals surface area contributed by atoms with Gasteiger partial charge in [-0.2, -0.15) is 0 Å². The van der Waals surface area contributed by atoms with Crippen molar-refractivity contribution in [3.05, 3.63) is 0 Å². The molecule has 0 unspecified atom stereocenters. The number of carboxylic acids is 1. The number of urea groups is 1. The van der Waals surface area contributed by atoms with Gasteiger partial charge in [-0.25, -0.2) is 4.79 Å². The Morgan fingerprint density at radius 3 is 2.32 bits per heavy atom. The lowest BCUT2D eigenvalue weighted by molar-refractivity contribution is -0.143. The number of amides is 2. The monoisotopic (exact) mass is 270 g/mol. The molecule has 0 aromatic carbocycles. The van der Waals surface area contributed by atoms with Gasteiger partial charge in [0, 0.05) is 32.8 Å². The van der Waals surface area contributed by atoms with Crippen LogP contribution in [-0.4, -0.2) is 64.8 Å². The number of carbonyl (C=O) groups is 2. The molecule has 2 saturated heterocycles. The van der Waals surface area contributed by atoms with Crippen LogP contribution in [0, 0.1) is 11.8 Å². The van der Waals surface area contributed by atoms with E-state index in [1.165, 1.54) is 0 Å². The van der Waals surface area contributed by atoms with Crippen LogP contribution < -0.4 is 0 Å². The lowest BCUT2D eigenvalue weighted by Crippen LogP contribution is -2.51. The number of nitrogens with zero attached hydrogens (tertiary/aromatic N) is 2. The molecule has 0 aromatic heterocycles. The largest absolute Gasteiger partial charge is 0.481 e. The summed E-state index contributed by atoms with van der Waals surface area (Å²) in [6.45, 7) is 2.50. The number of hydrogen-bond acceptors (Lipinski definition) is 3. The Morgan fingerprint density at radius 2 is 1.74 bits per heavy atom. The lowest BCUT2D eigenvalue weighted by atomic mass is 9.97. The second kappa shape index (κ2) is 6.23. The highest BCUT2D eigenvalue weighted by Gasteiger charge is 2.31. The van der Waals surface area contributed by atoms with E-state index in [9.17, 15) is 9.59 Å². The Hall–Kier alpha value is -1.30. The minimum absolute atomic E-state index is 0.0395. The van der Waals surface area contributed by atoms with Gasteiger partial charge >= 0.3 is 12.0 Å². The van der Waals surface area contributed by atoms with Crippen molar-refractivity contribution in [1.82, 2.24) is 9.80 Å². The Labute approximate surface area is 113 Å². The van der Waals surface area contributed by atoms with E-state index in [1.54, 1.807) is 9.80 Å². The van der Waals surface area contributed by atoms with E-state index in [1.807, 2.05) is 0 Å². The van der Waals surface area contributed by atoms with Crippen molar-refractivity contribution < 1.29 is 19.8 Å². The number of aliphatic hydroxyl groups is 1. The molecule has 0 aromatic rings. The van der Waals surface area contributed by atoms with E-state index < -0.39 is 11.9 Å². The number of carboxylic acid groups (broad SMARTS) is 1. The molecule has 0 spiro atoms. The van der Waals surface area contributed by atoms with Crippen molar-refractivity contribution >= 4 is 12.0 Å². The van der Waals surface area contributed by atoms with Gasteiger partial charge in [0.1, 0.15) is 0 Å². The SMILES string of the molecule is O=C(O)[C@H]1CCCN(C(=O)N2CCC(CO)CC2)C1. The highest BCUT2D eigenvalue weighted by molar-refractivity contribution is 5.76. The van der Waals surface area contributed by atoms with Crippen molar-refractivity contribution in [2.24, 2.45) is 11.8 Å². The van der Waals surface area contributed by atoms with Crippen LogP contribution in [0.1, 0.15) is 25.7 Å². The fourth-order valence-corrected chi connectivity index (χ4v) is 2.86.